The predicted octanol–water partition coefficient (Wildman–Crippen LogP) is -0.300. The Morgan fingerprint density at radius 3 is 1.22 bits per heavy atom. The van der Waals surface area contributed by atoms with Crippen molar-refractivity contribution < 1.29 is 14.4 Å². The highest BCUT2D eigenvalue weighted by Gasteiger charge is 1.61. The van der Waals surface area contributed by atoms with Gasteiger partial charge >= 0.3 is 8.25 Å². The van der Waals surface area contributed by atoms with Gasteiger partial charge < -0.3 is 20.8 Å². The molecule has 0 amide bonds. The molecule has 6 heteroatoms. The van der Waals surface area contributed by atoms with Crippen LogP contribution in [0, 0.1) is 0 Å². The Balaban J connectivity index is -0.0000000720. The van der Waals surface area contributed by atoms with Crippen molar-refractivity contribution in [3.63, 3.8) is 0 Å². The van der Waals surface area contributed by atoms with Gasteiger partial charge in [0.1, 0.15) is 0 Å². The molecule has 5 nitrogen and oxygen atoms in total. The molecule has 0 bridgehead atoms. The molecule has 0 aromatic carbocycles. The third-order valence-electron chi connectivity index (χ3n) is 0. The Bertz CT molecular complexity index is 61.3. The van der Waals surface area contributed by atoms with Crippen molar-refractivity contribution in [1.82, 2.24) is 11.1 Å². The average molecular weight is 158 g/mol. The van der Waals surface area contributed by atoms with Gasteiger partial charge in [0.05, 0.1) is 0 Å². The first-order chi connectivity index (χ1) is 3.46. The van der Waals surface area contributed by atoms with Crippen molar-refractivity contribution >= 4 is 8.25 Å². The van der Waals surface area contributed by atoms with E-state index in [1.54, 1.807) is 0 Å². The first-order valence-electron chi connectivity index (χ1n) is 1.99. The fraction of sp³-hybridized carbons (Fsp3) is 1.00. The average Bonchev–Trinajstić information content (AvgIpc) is 1.25. The monoisotopic (exact) mass is 158 g/mol. The highest BCUT2D eigenvalue weighted by molar-refractivity contribution is 7.30. The fourth-order valence-electron chi connectivity index (χ4n) is 0. The summed E-state index contributed by atoms with van der Waals surface area (Å²) < 4.78 is 8.74. The van der Waals surface area contributed by atoms with Crippen LogP contribution in [-0.4, -0.2) is 35.8 Å². The van der Waals surface area contributed by atoms with Crippen LogP contribution in [0.4, 0.5) is 0 Å². The topological polar surface area (TPSA) is 95.8 Å². The van der Waals surface area contributed by atoms with Gasteiger partial charge in [0.2, 0.25) is 0 Å². The Labute approximate surface area is 55.8 Å². The van der Waals surface area contributed by atoms with Crippen LogP contribution in [0.1, 0.15) is 0 Å². The molecule has 0 saturated carbocycles. The molecule has 0 aromatic rings. The van der Waals surface area contributed by atoms with Crippen molar-refractivity contribution in [3.8, 4) is 0 Å². The van der Waals surface area contributed by atoms with Gasteiger partial charge in [0, 0.05) is 0 Å². The van der Waals surface area contributed by atoms with Gasteiger partial charge in [-0.1, -0.05) is 0 Å². The van der Waals surface area contributed by atoms with Crippen LogP contribution >= 0.6 is 8.25 Å². The van der Waals surface area contributed by atoms with Crippen LogP contribution in [0.5, 0.6) is 0 Å². The first-order valence-corrected chi connectivity index (χ1v) is 3.30. The normalized spacial score (nSPS) is 7.89. The zero-order chi connectivity index (χ0) is 7.15. The number of nitrogens with zero attached hydrogens (tertiary/aromatic N) is 1. The second-order valence-electron chi connectivity index (χ2n) is 1.62. The van der Waals surface area contributed by atoms with Crippen LogP contribution in [0.2, 0.25) is 0 Å². The SMILES string of the molecule is CN(C)C.N.O=[PH](O)O. The third kappa shape index (κ3) is 60700. The molecule has 0 radical (unpaired) electrons. The van der Waals surface area contributed by atoms with E-state index in [2.05, 4.69) is 0 Å². The molecule has 0 rings (SSSR count). The zero-order valence-electron chi connectivity index (χ0n) is 5.96. The van der Waals surface area contributed by atoms with Gasteiger partial charge in [0.15, 0.2) is 0 Å². The lowest BCUT2D eigenvalue weighted by atomic mass is 11.0. The lowest BCUT2D eigenvalue weighted by Gasteiger charge is -1.90. The summed E-state index contributed by atoms with van der Waals surface area (Å²) in [5.74, 6) is 0. The molecule has 5 N–H and O–H groups in total. The van der Waals surface area contributed by atoms with E-state index in [0.717, 1.165) is 0 Å². The van der Waals surface area contributed by atoms with Crippen molar-refractivity contribution in [2.45, 2.75) is 0 Å². The summed E-state index contributed by atoms with van der Waals surface area (Å²) in [4.78, 5) is 16.3. The summed E-state index contributed by atoms with van der Waals surface area (Å²) in [6.07, 6.45) is 0. The van der Waals surface area contributed by atoms with E-state index >= 15 is 0 Å². The van der Waals surface area contributed by atoms with E-state index in [1.165, 1.54) is 0 Å². The molecule has 9 heavy (non-hydrogen) atoms. The quantitative estimate of drug-likeness (QED) is 0.420. The predicted molar refractivity (Wildman–Crippen MR) is 38.1 cm³/mol. The number of hydrogen-bond acceptors (Lipinski definition) is 3. The molecule has 0 spiro atoms. The minimum absolute atomic E-state index is 0. The van der Waals surface area contributed by atoms with Crippen LogP contribution < -0.4 is 6.15 Å². The maximum absolute atomic E-state index is 8.74. The molecule has 0 unspecified atom stereocenters. The van der Waals surface area contributed by atoms with E-state index in [4.69, 9.17) is 14.4 Å². The van der Waals surface area contributed by atoms with Crippen LogP contribution in [-0.2, 0) is 4.57 Å². The van der Waals surface area contributed by atoms with Crippen LogP contribution in [0.25, 0.3) is 0 Å². The highest BCUT2D eigenvalue weighted by Crippen LogP contribution is 1.98. The molecular formula is C3H15N2O3P. The maximum atomic E-state index is 8.74. The smallest absolute Gasteiger partial charge is 0.314 e. The molecule has 60 valence electrons. The second kappa shape index (κ2) is 10.9. The molecular weight excluding hydrogens is 143 g/mol. The Morgan fingerprint density at radius 1 is 1.22 bits per heavy atom. The summed E-state index contributed by atoms with van der Waals surface area (Å²) in [7, 11) is 2.87. The molecule has 0 aliphatic heterocycles. The summed E-state index contributed by atoms with van der Waals surface area (Å²) in [5, 5.41) is 0. The summed E-state index contributed by atoms with van der Waals surface area (Å²) in [6, 6.07) is 0. The van der Waals surface area contributed by atoms with Crippen molar-refractivity contribution in [2.24, 2.45) is 0 Å². The van der Waals surface area contributed by atoms with Gasteiger partial charge in [-0.2, -0.15) is 0 Å². The van der Waals surface area contributed by atoms with Gasteiger partial charge in [0.25, 0.3) is 0 Å². The summed E-state index contributed by atoms with van der Waals surface area (Å²) >= 11 is 0. The highest BCUT2D eigenvalue weighted by atomic mass is 31.1. The maximum Gasteiger partial charge on any atom is 0.314 e. The minimum atomic E-state index is -3.13. The second-order valence-corrected chi connectivity index (χ2v) is 2.19. The Morgan fingerprint density at radius 2 is 1.22 bits per heavy atom. The lowest BCUT2D eigenvalue weighted by molar-refractivity contribution is 0.405. The summed E-state index contributed by atoms with van der Waals surface area (Å²) in [6.45, 7) is 0. The molecule has 0 fully saturated rings. The van der Waals surface area contributed by atoms with Crippen LogP contribution in [0.3, 0.4) is 0 Å². The Hall–Kier alpha value is 0.0700. The molecule has 0 aliphatic rings. The van der Waals surface area contributed by atoms with E-state index in [0.29, 0.717) is 0 Å². The van der Waals surface area contributed by atoms with Crippen LogP contribution in [0.15, 0.2) is 0 Å². The standard InChI is InChI=1S/C3H9N.H3N.H3O3P/c1-4(2)3;;1-4(2)3/h1-3H3;1H3;4H,(H2,1,2,3). The van der Waals surface area contributed by atoms with E-state index in [-0.39, 0.29) is 6.15 Å². The minimum Gasteiger partial charge on any atom is -0.344 e. The molecule has 0 saturated heterocycles. The number of rotatable bonds is 0. The Kier molecular flexibility index (Phi) is 19.5. The van der Waals surface area contributed by atoms with Gasteiger partial charge in [-0.15, -0.1) is 0 Å². The third-order valence-corrected chi connectivity index (χ3v) is 0. The zero-order valence-corrected chi connectivity index (χ0v) is 6.96. The molecule has 0 atom stereocenters. The molecule has 0 aromatic heterocycles. The van der Waals surface area contributed by atoms with Gasteiger partial charge in [-0.25, -0.2) is 0 Å². The largest absolute Gasteiger partial charge is 0.344 e. The molecule has 0 aliphatic carbocycles. The first kappa shape index (κ1) is 16.0. The van der Waals surface area contributed by atoms with Crippen molar-refractivity contribution in [3.05, 3.63) is 0 Å². The van der Waals surface area contributed by atoms with E-state index in [1.807, 2.05) is 26.0 Å². The fourth-order valence-corrected chi connectivity index (χ4v) is 0. The van der Waals surface area contributed by atoms with Gasteiger partial charge in [-0.3, -0.25) is 4.57 Å². The lowest BCUT2D eigenvalue weighted by Crippen LogP contribution is -1.99. The van der Waals surface area contributed by atoms with E-state index in [9.17, 15) is 0 Å². The van der Waals surface area contributed by atoms with Crippen molar-refractivity contribution in [2.75, 3.05) is 21.1 Å². The van der Waals surface area contributed by atoms with E-state index < -0.39 is 8.25 Å². The van der Waals surface area contributed by atoms with Gasteiger partial charge in [-0.05, 0) is 21.1 Å². The summed E-state index contributed by atoms with van der Waals surface area (Å²) in [5.41, 5.74) is 0. The molecule has 0 heterocycles. The van der Waals surface area contributed by atoms with Crippen molar-refractivity contribution in [1.29, 1.82) is 0 Å². The number of hydrogen-bond donors (Lipinski definition) is 3.